The van der Waals surface area contributed by atoms with E-state index in [-0.39, 0.29) is 11.3 Å². The molecule has 0 saturated heterocycles. The van der Waals surface area contributed by atoms with Crippen LogP contribution in [0.3, 0.4) is 0 Å². The van der Waals surface area contributed by atoms with Gasteiger partial charge in [0.05, 0.1) is 13.2 Å². The average Bonchev–Trinajstić information content (AvgIpc) is 2.56. The first kappa shape index (κ1) is 21.8. The summed E-state index contributed by atoms with van der Waals surface area (Å²) in [5.41, 5.74) is 1.84. The Morgan fingerprint density at radius 1 is 1.12 bits per heavy atom. The minimum absolute atomic E-state index is 0.0438. The van der Waals surface area contributed by atoms with Crippen molar-refractivity contribution in [3.8, 4) is 5.75 Å². The lowest BCUT2D eigenvalue weighted by Crippen LogP contribution is -2.43. The Morgan fingerprint density at radius 2 is 1.81 bits per heavy atom. The summed E-state index contributed by atoms with van der Waals surface area (Å²) < 4.78 is 5.71. The van der Waals surface area contributed by atoms with Crippen molar-refractivity contribution in [2.45, 2.75) is 48.1 Å². The molecule has 0 aromatic heterocycles. The number of aryl methyl sites for hydroxylation is 1. The molecule has 0 fully saturated rings. The lowest BCUT2D eigenvalue weighted by molar-refractivity contribution is -0.128. The smallest absolute Gasteiger partial charge is 0.225 e. The zero-order valence-electron chi connectivity index (χ0n) is 17.0. The average molecular weight is 363 g/mol. The monoisotopic (exact) mass is 362 g/mol. The van der Waals surface area contributed by atoms with Gasteiger partial charge in [-0.3, -0.25) is 4.79 Å². The third kappa shape index (κ3) is 7.76. The van der Waals surface area contributed by atoms with Crippen LogP contribution in [0, 0.1) is 12.3 Å². The largest absolute Gasteiger partial charge is 0.494 e. The first-order valence-corrected chi connectivity index (χ1v) is 9.30. The van der Waals surface area contributed by atoms with Crippen LogP contribution in [-0.4, -0.2) is 38.1 Å². The predicted molar refractivity (Wildman–Crippen MR) is 108 cm³/mol. The van der Waals surface area contributed by atoms with Crippen LogP contribution in [0.1, 0.15) is 45.7 Å². The molecule has 6 nitrogen and oxygen atoms in total. The van der Waals surface area contributed by atoms with E-state index in [4.69, 9.17) is 4.74 Å². The van der Waals surface area contributed by atoms with Crippen LogP contribution in [0.5, 0.6) is 5.75 Å². The normalized spacial score (nSPS) is 11.8. The van der Waals surface area contributed by atoms with Crippen LogP contribution in [-0.2, 0) is 11.3 Å². The minimum Gasteiger partial charge on any atom is -0.494 e. The van der Waals surface area contributed by atoms with E-state index < -0.39 is 0 Å². The number of benzene rings is 1. The molecule has 0 radical (unpaired) electrons. The SMILES string of the molecule is CCNC(=NCc1ccc(C)cc1OCC)NCCNC(=O)C(C)(C)C. The topological polar surface area (TPSA) is 74.8 Å². The quantitative estimate of drug-likeness (QED) is 0.377. The molecular formula is C20H34N4O2. The highest BCUT2D eigenvalue weighted by Gasteiger charge is 2.20. The van der Waals surface area contributed by atoms with Crippen LogP contribution in [0.2, 0.25) is 0 Å². The van der Waals surface area contributed by atoms with Crippen molar-refractivity contribution in [1.29, 1.82) is 0 Å². The van der Waals surface area contributed by atoms with Gasteiger partial charge in [0.1, 0.15) is 5.75 Å². The van der Waals surface area contributed by atoms with Crippen LogP contribution in [0.25, 0.3) is 0 Å². The van der Waals surface area contributed by atoms with Crippen molar-refractivity contribution >= 4 is 11.9 Å². The van der Waals surface area contributed by atoms with Crippen LogP contribution in [0.4, 0.5) is 0 Å². The summed E-state index contributed by atoms with van der Waals surface area (Å²) >= 11 is 0. The Morgan fingerprint density at radius 3 is 2.42 bits per heavy atom. The van der Waals surface area contributed by atoms with Gasteiger partial charge < -0.3 is 20.7 Å². The highest BCUT2D eigenvalue weighted by Crippen LogP contribution is 2.21. The summed E-state index contributed by atoms with van der Waals surface area (Å²) in [4.78, 5) is 16.5. The van der Waals surface area contributed by atoms with Gasteiger partial charge in [-0.15, -0.1) is 0 Å². The van der Waals surface area contributed by atoms with Gasteiger partial charge in [0.25, 0.3) is 0 Å². The zero-order valence-corrected chi connectivity index (χ0v) is 17.0. The Hall–Kier alpha value is -2.24. The van der Waals surface area contributed by atoms with E-state index in [0.717, 1.165) is 23.8 Å². The van der Waals surface area contributed by atoms with Crippen LogP contribution < -0.4 is 20.7 Å². The number of nitrogens with zero attached hydrogens (tertiary/aromatic N) is 1. The van der Waals surface area contributed by atoms with E-state index >= 15 is 0 Å². The van der Waals surface area contributed by atoms with Crippen molar-refractivity contribution in [3.63, 3.8) is 0 Å². The third-order valence-electron chi connectivity index (χ3n) is 3.66. The molecule has 0 bridgehead atoms. The first-order chi connectivity index (χ1) is 12.3. The maximum Gasteiger partial charge on any atom is 0.225 e. The molecule has 1 amide bonds. The maximum absolute atomic E-state index is 11.9. The van der Waals surface area contributed by atoms with Crippen LogP contribution >= 0.6 is 0 Å². The fourth-order valence-corrected chi connectivity index (χ4v) is 2.21. The summed E-state index contributed by atoms with van der Waals surface area (Å²) in [6.45, 7) is 14.8. The molecule has 3 N–H and O–H groups in total. The van der Waals surface area contributed by atoms with Gasteiger partial charge in [-0.05, 0) is 32.4 Å². The highest BCUT2D eigenvalue weighted by atomic mass is 16.5. The summed E-state index contributed by atoms with van der Waals surface area (Å²) in [5.74, 6) is 1.65. The lowest BCUT2D eigenvalue weighted by atomic mass is 9.96. The molecule has 6 heteroatoms. The molecular weight excluding hydrogens is 328 g/mol. The Kier molecular flexibility index (Phi) is 8.96. The number of aliphatic imine (C=N–C) groups is 1. The fraction of sp³-hybridized carbons (Fsp3) is 0.600. The molecule has 0 saturated carbocycles. The van der Waals surface area contributed by atoms with Crippen molar-refractivity contribution in [3.05, 3.63) is 29.3 Å². The van der Waals surface area contributed by atoms with E-state index in [0.29, 0.717) is 26.2 Å². The van der Waals surface area contributed by atoms with Crippen molar-refractivity contribution in [2.75, 3.05) is 26.2 Å². The van der Waals surface area contributed by atoms with Gasteiger partial charge >= 0.3 is 0 Å². The molecule has 0 spiro atoms. The number of nitrogens with one attached hydrogen (secondary N) is 3. The summed E-state index contributed by atoms with van der Waals surface area (Å²) in [6, 6.07) is 6.16. The molecule has 1 aromatic carbocycles. The molecule has 0 heterocycles. The number of hydrogen-bond donors (Lipinski definition) is 3. The number of carbonyl (C=O) groups is 1. The van der Waals surface area contributed by atoms with E-state index in [1.54, 1.807) is 0 Å². The third-order valence-corrected chi connectivity index (χ3v) is 3.66. The second-order valence-corrected chi connectivity index (χ2v) is 7.17. The number of amides is 1. The number of hydrogen-bond acceptors (Lipinski definition) is 3. The highest BCUT2D eigenvalue weighted by molar-refractivity contribution is 5.81. The molecule has 0 unspecified atom stereocenters. The lowest BCUT2D eigenvalue weighted by Gasteiger charge is -2.18. The van der Waals surface area contributed by atoms with Crippen molar-refractivity contribution in [1.82, 2.24) is 16.0 Å². The van der Waals surface area contributed by atoms with E-state index in [1.807, 2.05) is 47.6 Å². The molecule has 0 atom stereocenters. The maximum atomic E-state index is 11.9. The number of guanidine groups is 1. The molecule has 0 aliphatic carbocycles. The Labute approximate surface area is 157 Å². The molecule has 1 aromatic rings. The Balaban J connectivity index is 2.62. The Bertz CT molecular complexity index is 606. The van der Waals surface area contributed by atoms with Gasteiger partial charge in [-0.1, -0.05) is 32.9 Å². The van der Waals surface area contributed by atoms with Gasteiger partial charge in [0, 0.05) is 30.6 Å². The fourth-order valence-electron chi connectivity index (χ4n) is 2.21. The number of rotatable bonds is 8. The van der Waals surface area contributed by atoms with Crippen molar-refractivity contribution < 1.29 is 9.53 Å². The van der Waals surface area contributed by atoms with Crippen molar-refractivity contribution in [2.24, 2.45) is 10.4 Å². The molecule has 146 valence electrons. The second-order valence-electron chi connectivity index (χ2n) is 7.17. The molecule has 1 rings (SSSR count). The molecule has 0 aliphatic heterocycles. The summed E-state index contributed by atoms with van der Waals surface area (Å²) in [7, 11) is 0. The second kappa shape index (κ2) is 10.7. The summed E-state index contributed by atoms with van der Waals surface area (Å²) in [6.07, 6.45) is 0. The zero-order chi connectivity index (χ0) is 19.6. The number of carbonyl (C=O) groups excluding carboxylic acids is 1. The standard InChI is InChI=1S/C20H34N4O2/c1-7-21-19(23-12-11-22-18(25)20(4,5)6)24-14-16-10-9-15(3)13-17(16)26-8-2/h9-10,13H,7-8,11-12,14H2,1-6H3,(H,22,25)(H2,21,23,24). The van der Waals surface area contributed by atoms with Crippen LogP contribution in [0.15, 0.2) is 23.2 Å². The van der Waals surface area contributed by atoms with Gasteiger partial charge in [-0.2, -0.15) is 0 Å². The first-order valence-electron chi connectivity index (χ1n) is 9.30. The van der Waals surface area contributed by atoms with E-state index in [1.165, 1.54) is 5.56 Å². The predicted octanol–water partition coefficient (Wildman–Crippen LogP) is 2.61. The van der Waals surface area contributed by atoms with E-state index in [9.17, 15) is 4.79 Å². The van der Waals surface area contributed by atoms with Gasteiger partial charge in [0.15, 0.2) is 5.96 Å². The van der Waals surface area contributed by atoms with Gasteiger partial charge in [-0.25, -0.2) is 4.99 Å². The number of ether oxygens (including phenoxy) is 1. The molecule has 26 heavy (non-hydrogen) atoms. The minimum atomic E-state index is -0.375. The van der Waals surface area contributed by atoms with Gasteiger partial charge in [0.2, 0.25) is 5.91 Å². The molecule has 0 aliphatic rings. The van der Waals surface area contributed by atoms with E-state index in [2.05, 4.69) is 33.1 Å². The summed E-state index contributed by atoms with van der Waals surface area (Å²) in [5, 5.41) is 9.39.